The van der Waals surface area contributed by atoms with Gasteiger partial charge in [0.1, 0.15) is 18.6 Å². The van der Waals surface area contributed by atoms with Crippen molar-refractivity contribution < 1.29 is 38.9 Å². The van der Waals surface area contributed by atoms with E-state index >= 15 is 0 Å². The van der Waals surface area contributed by atoms with E-state index in [0.29, 0.717) is 50.1 Å². The van der Waals surface area contributed by atoms with E-state index in [9.17, 15) is 29.1 Å². The number of carboxylic acids is 2. The molecule has 3 N–H and O–H groups in total. The zero-order chi connectivity index (χ0) is 32.9. The number of hydrogen-bond donors (Lipinski definition) is 4. The minimum Gasteiger partial charge on any atom is -0.480 e. The van der Waals surface area contributed by atoms with Gasteiger partial charge in [0.2, 0.25) is 11.8 Å². The average Bonchev–Trinajstić information content (AvgIpc) is 3.50. The van der Waals surface area contributed by atoms with Crippen LogP contribution in [0.1, 0.15) is 50.7 Å². The predicted octanol–water partition coefficient (Wildman–Crippen LogP) is 3.20. The van der Waals surface area contributed by atoms with E-state index in [2.05, 4.69) is 17.9 Å². The number of fused-ring (bicyclic) bond motifs is 1. The smallest absolute Gasteiger partial charge is 0.326 e. The summed E-state index contributed by atoms with van der Waals surface area (Å²) in [6.45, 7) is 3.90. The molecule has 0 aromatic heterocycles. The largest absolute Gasteiger partial charge is 0.480 e. The molecule has 244 valence electrons. The first-order valence-electron chi connectivity index (χ1n) is 15.3. The summed E-state index contributed by atoms with van der Waals surface area (Å²) in [5.41, 5.74) is 2.61. The van der Waals surface area contributed by atoms with Crippen LogP contribution in [0.15, 0.2) is 54.6 Å². The lowest BCUT2D eigenvalue weighted by Gasteiger charge is -2.27. The molecule has 2 heterocycles. The van der Waals surface area contributed by atoms with Crippen molar-refractivity contribution in [2.75, 3.05) is 30.3 Å². The Morgan fingerprint density at radius 1 is 1.04 bits per heavy atom. The van der Waals surface area contributed by atoms with Gasteiger partial charge in [0.05, 0.1) is 12.6 Å². The quantitative estimate of drug-likeness (QED) is 0.202. The molecule has 1 saturated heterocycles. The summed E-state index contributed by atoms with van der Waals surface area (Å²) < 4.78 is 5.23. The standard InChI is InChI=1S/C24H28N2O5.C9H15NO3S/c1-2-31-24(30)20(14-12-17-8-4-3-5-9-17)25-19-15-13-18-10-6-7-11-21(18)26(23(19)29)16-22(27)28;1-6(5-14)8(11)10-4-2-3-7(10)9(12)13/h3-11,19-20,25H,2,12-16H2,1H3,(H,27,28);6-7,14H,2-5H2,1H3,(H,12,13)/t19-,20-;6-,7+/m01/s1. The van der Waals surface area contributed by atoms with E-state index < -0.39 is 42.6 Å². The number of aryl methyl sites for hydroxylation is 2. The monoisotopic (exact) mass is 641 g/mol. The van der Waals surface area contributed by atoms with Gasteiger partial charge in [0.25, 0.3) is 0 Å². The van der Waals surface area contributed by atoms with Gasteiger partial charge >= 0.3 is 17.9 Å². The van der Waals surface area contributed by atoms with Crippen molar-refractivity contribution in [3.63, 3.8) is 0 Å². The summed E-state index contributed by atoms with van der Waals surface area (Å²) in [4.78, 5) is 62.6. The third kappa shape index (κ3) is 10.1. The first kappa shape index (κ1) is 35.6. The lowest BCUT2D eigenvalue weighted by Crippen LogP contribution is -2.53. The number of hydrogen-bond acceptors (Lipinski definition) is 8. The second-order valence-corrected chi connectivity index (χ2v) is 11.5. The lowest BCUT2D eigenvalue weighted by atomic mass is 10.0. The van der Waals surface area contributed by atoms with Crippen LogP contribution in [0.25, 0.3) is 0 Å². The van der Waals surface area contributed by atoms with E-state index in [-0.39, 0.29) is 24.3 Å². The molecule has 4 atom stereocenters. The van der Waals surface area contributed by atoms with Gasteiger partial charge in [-0.1, -0.05) is 55.5 Å². The fraction of sp³-hybridized carbons (Fsp3) is 0.485. The van der Waals surface area contributed by atoms with Gasteiger partial charge in [-0.3, -0.25) is 29.4 Å². The predicted molar refractivity (Wildman–Crippen MR) is 172 cm³/mol. The second-order valence-electron chi connectivity index (χ2n) is 11.1. The molecular weight excluding hydrogens is 598 g/mol. The van der Waals surface area contributed by atoms with Crippen molar-refractivity contribution >= 4 is 48.0 Å². The molecule has 0 aliphatic carbocycles. The first-order chi connectivity index (χ1) is 21.6. The summed E-state index contributed by atoms with van der Waals surface area (Å²) in [5.74, 6) is -2.57. The number of ether oxygens (including phenoxy) is 1. The average molecular weight is 642 g/mol. The minimum atomic E-state index is -1.09. The van der Waals surface area contributed by atoms with Crippen LogP contribution in [-0.4, -0.2) is 88.4 Å². The fourth-order valence-corrected chi connectivity index (χ4v) is 5.68. The number of nitrogens with zero attached hydrogens (tertiary/aromatic N) is 2. The number of esters is 1. The molecule has 2 aliphatic rings. The normalized spacial score (nSPS) is 19.0. The van der Waals surface area contributed by atoms with Gasteiger partial charge in [0.15, 0.2) is 0 Å². The topological polar surface area (TPSA) is 154 Å². The Labute approximate surface area is 269 Å². The van der Waals surface area contributed by atoms with Crippen molar-refractivity contribution in [2.45, 2.75) is 70.5 Å². The number of para-hydroxylation sites is 1. The molecule has 11 nitrogen and oxygen atoms in total. The molecule has 12 heteroatoms. The highest BCUT2D eigenvalue weighted by atomic mass is 32.1. The molecule has 2 aromatic rings. The number of rotatable bonds is 12. The number of thiol groups is 1. The van der Waals surface area contributed by atoms with Crippen molar-refractivity contribution in [3.05, 3.63) is 65.7 Å². The van der Waals surface area contributed by atoms with Crippen molar-refractivity contribution in [1.82, 2.24) is 10.2 Å². The van der Waals surface area contributed by atoms with Crippen LogP contribution in [0.4, 0.5) is 5.69 Å². The number of nitrogens with one attached hydrogen (secondary N) is 1. The lowest BCUT2D eigenvalue weighted by molar-refractivity contribution is -0.149. The Balaban J connectivity index is 0.000000330. The molecule has 45 heavy (non-hydrogen) atoms. The van der Waals surface area contributed by atoms with E-state index in [1.165, 1.54) is 9.80 Å². The van der Waals surface area contributed by atoms with Crippen molar-refractivity contribution in [2.24, 2.45) is 5.92 Å². The van der Waals surface area contributed by atoms with Gasteiger partial charge in [-0.25, -0.2) is 4.79 Å². The molecule has 0 bridgehead atoms. The van der Waals surface area contributed by atoms with E-state index in [1.807, 2.05) is 42.5 Å². The zero-order valence-corrected chi connectivity index (χ0v) is 26.7. The molecule has 2 aliphatic heterocycles. The van der Waals surface area contributed by atoms with Crippen LogP contribution in [0.3, 0.4) is 0 Å². The van der Waals surface area contributed by atoms with Gasteiger partial charge in [-0.05, 0) is 62.6 Å². The molecular formula is C33H43N3O8S. The molecule has 2 aromatic carbocycles. The maximum absolute atomic E-state index is 13.3. The summed E-state index contributed by atoms with van der Waals surface area (Å²) >= 11 is 4.03. The highest BCUT2D eigenvalue weighted by molar-refractivity contribution is 7.80. The Bertz CT molecular complexity index is 1320. The third-order valence-corrected chi connectivity index (χ3v) is 8.44. The number of aliphatic carboxylic acids is 2. The number of anilines is 1. The number of likely N-dealkylation sites (tertiary alicyclic amines) is 1. The minimum absolute atomic E-state index is 0.0927. The fourth-order valence-electron chi connectivity index (χ4n) is 5.53. The van der Waals surface area contributed by atoms with Crippen LogP contribution in [0, 0.1) is 5.92 Å². The highest BCUT2D eigenvalue weighted by Gasteiger charge is 2.36. The Morgan fingerprint density at radius 3 is 2.38 bits per heavy atom. The molecule has 0 unspecified atom stereocenters. The van der Waals surface area contributed by atoms with Crippen LogP contribution in [-0.2, 0) is 41.6 Å². The summed E-state index contributed by atoms with van der Waals surface area (Å²) in [5, 5.41) is 21.4. The number of carboxylic acid groups (broad SMARTS) is 2. The summed E-state index contributed by atoms with van der Waals surface area (Å²) in [6, 6.07) is 15.2. The zero-order valence-electron chi connectivity index (χ0n) is 25.8. The third-order valence-electron chi connectivity index (χ3n) is 7.90. The second kappa shape index (κ2) is 17.6. The first-order valence-corrected chi connectivity index (χ1v) is 15.9. The summed E-state index contributed by atoms with van der Waals surface area (Å²) in [7, 11) is 0. The maximum atomic E-state index is 13.3. The van der Waals surface area contributed by atoms with Crippen LogP contribution in [0.5, 0.6) is 0 Å². The van der Waals surface area contributed by atoms with Crippen molar-refractivity contribution in [1.29, 1.82) is 0 Å². The van der Waals surface area contributed by atoms with Crippen molar-refractivity contribution in [3.8, 4) is 0 Å². The highest BCUT2D eigenvalue weighted by Crippen LogP contribution is 2.27. The maximum Gasteiger partial charge on any atom is 0.326 e. The molecule has 2 amide bonds. The van der Waals surface area contributed by atoms with E-state index in [0.717, 1.165) is 17.5 Å². The molecule has 0 spiro atoms. The van der Waals surface area contributed by atoms with Crippen LogP contribution >= 0.6 is 12.6 Å². The van der Waals surface area contributed by atoms with Gasteiger partial charge in [-0.15, -0.1) is 0 Å². The molecule has 1 fully saturated rings. The molecule has 0 saturated carbocycles. The van der Waals surface area contributed by atoms with E-state index in [4.69, 9.17) is 9.84 Å². The van der Waals surface area contributed by atoms with Crippen LogP contribution < -0.4 is 10.2 Å². The number of benzene rings is 2. The molecule has 4 rings (SSSR count). The Morgan fingerprint density at radius 2 is 1.73 bits per heavy atom. The molecule has 0 radical (unpaired) electrons. The number of amides is 2. The van der Waals surface area contributed by atoms with E-state index in [1.54, 1.807) is 26.0 Å². The SMILES string of the molecule is CCOC(=O)[C@H](CCc1ccccc1)N[C@H]1CCc2ccccc2N(CC(=O)O)C1=O.C[C@H](CS)C(=O)N1CCC[C@H]1C(=O)O. The van der Waals surface area contributed by atoms with Gasteiger partial charge in [0, 0.05) is 23.9 Å². The van der Waals surface area contributed by atoms with Gasteiger partial charge in [-0.2, -0.15) is 12.6 Å². The summed E-state index contributed by atoms with van der Waals surface area (Å²) in [6.07, 6.45) is 3.54. The number of carbonyl (C=O) groups is 5. The Kier molecular flexibility index (Phi) is 13.9. The van der Waals surface area contributed by atoms with Gasteiger partial charge < -0.3 is 19.8 Å². The Hall–Kier alpha value is -3.90. The number of carbonyl (C=O) groups excluding carboxylic acids is 3. The van der Waals surface area contributed by atoms with Crippen LogP contribution in [0.2, 0.25) is 0 Å².